The van der Waals surface area contributed by atoms with Gasteiger partial charge < -0.3 is 9.64 Å². The average molecular weight is 565 g/mol. The van der Waals surface area contributed by atoms with E-state index in [1.54, 1.807) is 37.2 Å². The monoisotopic (exact) mass is 562 g/mol. The fraction of sp³-hybridized carbons (Fsp3) is 0.158. The lowest BCUT2D eigenvalue weighted by molar-refractivity contribution is -0.121. The van der Waals surface area contributed by atoms with Crippen LogP contribution in [0, 0.1) is 0 Å². The highest BCUT2D eigenvalue weighted by Crippen LogP contribution is 2.36. The molecule has 0 saturated carbocycles. The average Bonchev–Trinajstić information content (AvgIpc) is 2.82. The Bertz CT molecular complexity index is 990. The molecule has 0 N–H and O–H groups in total. The molecule has 1 amide bonds. The summed E-state index contributed by atoms with van der Waals surface area (Å²) in [6.45, 7) is 0.328. The highest BCUT2D eigenvalue weighted by Gasteiger charge is 2.32. The van der Waals surface area contributed by atoms with E-state index in [2.05, 4.69) is 31.9 Å². The lowest BCUT2D eigenvalue weighted by Gasteiger charge is -2.13. The number of benzene rings is 2. The summed E-state index contributed by atoms with van der Waals surface area (Å²) in [6.07, 6.45) is 1.79. The van der Waals surface area contributed by atoms with Crippen LogP contribution in [0.25, 0.3) is 6.08 Å². The molecule has 2 aromatic rings. The van der Waals surface area contributed by atoms with E-state index in [1.807, 2.05) is 18.2 Å². The van der Waals surface area contributed by atoms with Crippen molar-refractivity contribution in [3.05, 3.63) is 66.1 Å². The first kappa shape index (κ1) is 21.6. The summed E-state index contributed by atoms with van der Waals surface area (Å²) in [5, 5.41) is 1.45. The molecule has 9 heteroatoms. The Morgan fingerprint density at radius 2 is 1.71 bits per heavy atom. The van der Waals surface area contributed by atoms with E-state index < -0.39 is 0 Å². The van der Waals surface area contributed by atoms with Crippen molar-refractivity contribution >= 4 is 84.4 Å². The zero-order valence-electron chi connectivity index (χ0n) is 14.8. The maximum Gasteiger partial charge on any atom is 0.276 e. The largest absolute Gasteiger partial charge is 0.487 e. The number of carbonyl (C=O) groups excluding carboxylic acids is 1. The number of hydrogen-bond acceptors (Lipinski definition) is 3. The van der Waals surface area contributed by atoms with Crippen LogP contribution in [0.4, 0.5) is 0 Å². The van der Waals surface area contributed by atoms with E-state index in [-0.39, 0.29) is 5.91 Å². The Morgan fingerprint density at radius 3 is 2.25 bits per heavy atom. The molecule has 0 bridgehead atoms. The lowest BCUT2D eigenvalue weighted by atomic mass is 10.1. The number of carbonyl (C=O) groups is 1. The lowest BCUT2D eigenvalue weighted by Crippen LogP contribution is -2.26. The van der Waals surface area contributed by atoms with Crippen molar-refractivity contribution < 1.29 is 9.53 Å². The third-order valence-electron chi connectivity index (χ3n) is 4.15. The van der Waals surface area contributed by atoms with Gasteiger partial charge in [0.05, 0.1) is 19.0 Å². The third kappa shape index (κ3) is 4.39. The van der Waals surface area contributed by atoms with E-state index in [0.717, 1.165) is 20.1 Å². The molecule has 2 aromatic carbocycles. The summed E-state index contributed by atoms with van der Waals surface area (Å²) >= 11 is 24.3. The topological polar surface area (TPSA) is 32.8 Å². The molecule has 1 heterocycles. The minimum atomic E-state index is -0.139. The predicted molar refractivity (Wildman–Crippen MR) is 124 cm³/mol. The Kier molecular flexibility index (Phi) is 6.72. The van der Waals surface area contributed by atoms with Crippen LogP contribution in [-0.4, -0.2) is 34.9 Å². The molecule has 1 saturated heterocycles. The minimum absolute atomic E-state index is 0.139. The first-order valence-electron chi connectivity index (χ1n) is 8.02. The maximum absolute atomic E-state index is 12.3. The first-order chi connectivity index (χ1) is 13.2. The van der Waals surface area contributed by atoms with Crippen LogP contribution in [-0.2, 0) is 11.4 Å². The number of ether oxygens (including phenoxy) is 1. The molecule has 1 aliphatic rings. The van der Waals surface area contributed by atoms with Gasteiger partial charge in [0.1, 0.15) is 18.1 Å². The molecule has 0 unspecified atom stereocenters. The van der Waals surface area contributed by atoms with Gasteiger partial charge in [-0.3, -0.25) is 9.69 Å². The van der Waals surface area contributed by atoms with Gasteiger partial charge in [0.15, 0.2) is 5.11 Å². The Labute approximate surface area is 195 Å². The second-order valence-corrected chi connectivity index (χ2v) is 8.97. The van der Waals surface area contributed by atoms with Gasteiger partial charge >= 0.3 is 0 Å². The number of halogens is 4. The Balaban J connectivity index is 1.83. The van der Waals surface area contributed by atoms with Crippen molar-refractivity contribution in [3.63, 3.8) is 0 Å². The van der Waals surface area contributed by atoms with Crippen molar-refractivity contribution in [2.45, 2.75) is 6.61 Å². The van der Waals surface area contributed by atoms with Crippen molar-refractivity contribution in [2.24, 2.45) is 0 Å². The van der Waals surface area contributed by atoms with Crippen molar-refractivity contribution in [1.82, 2.24) is 9.80 Å². The molecule has 0 aliphatic carbocycles. The Hall–Kier alpha value is -1.12. The standard InChI is InChI=1S/C19H14Br2Cl2N2O2S/c1-24-16(18(26)25(2)19(24)28)8-11-5-12(20)17(13(21)6-11)27-9-10-3-4-14(22)15(23)7-10/h3-8H,9H2,1-2H3/b16-8-. The van der Waals surface area contributed by atoms with Crippen LogP contribution in [0.3, 0.4) is 0 Å². The van der Waals surface area contributed by atoms with Gasteiger partial charge in [-0.25, -0.2) is 0 Å². The summed E-state index contributed by atoms with van der Waals surface area (Å²) in [5.41, 5.74) is 2.24. The Morgan fingerprint density at radius 1 is 1.07 bits per heavy atom. The fourth-order valence-electron chi connectivity index (χ4n) is 2.63. The number of amides is 1. The highest BCUT2D eigenvalue weighted by molar-refractivity contribution is 9.11. The second kappa shape index (κ2) is 8.71. The van der Waals surface area contributed by atoms with Gasteiger partial charge in [0.25, 0.3) is 5.91 Å². The molecule has 0 spiro atoms. The summed E-state index contributed by atoms with van der Waals surface area (Å²) in [6, 6.07) is 9.12. The van der Waals surface area contributed by atoms with Gasteiger partial charge in [0, 0.05) is 14.1 Å². The number of nitrogens with zero attached hydrogens (tertiary/aromatic N) is 2. The smallest absolute Gasteiger partial charge is 0.276 e. The van der Waals surface area contributed by atoms with Gasteiger partial charge in [0.2, 0.25) is 0 Å². The molecule has 28 heavy (non-hydrogen) atoms. The molecule has 4 nitrogen and oxygen atoms in total. The van der Waals surface area contributed by atoms with E-state index in [4.69, 9.17) is 40.2 Å². The van der Waals surface area contributed by atoms with Gasteiger partial charge in [-0.2, -0.15) is 0 Å². The SMILES string of the molecule is CN1C(=O)/C(=C/c2cc(Br)c(OCc3ccc(Cl)c(Cl)c3)c(Br)c2)N(C)C1=S. The fourth-order valence-corrected chi connectivity index (χ4v) is 4.59. The molecule has 0 radical (unpaired) electrons. The van der Waals surface area contributed by atoms with E-state index in [9.17, 15) is 4.79 Å². The molecule has 1 aliphatic heterocycles. The number of thiocarbonyl (C=S) groups is 1. The zero-order valence-corrected chi connectivity index (χ0v) is 20.3. The molecule has 0 atom stereocenters. The second-order valence-electron chi connectivity index (χ2n) is 6.09. The normalized spacial score (nSPS) is 15.7. The van der Waals surface area contributed by atoms with Crippen molar-refractivity contribution in [3.8, 4) is 5.75 Å². The molecular weight excluding hydrogens is 551 g/mol. The van der Waals surface area contributed by atoms with Crippen LogP contribution in [0.15, 0.2) is 45.0 Å². The molecule has 146 valence electrons. The molecule has 3 rings (SSSR count). The van der Waals surface area contributed by atoms with Crippen molar-refractivity contribution in [2.75, 3.05) is 14.1 Å². The number of rotatable bonds is 4. The van der Waals surface area contributed by atoms with E-state index >= 15 is 0 Å². The van der Waals surface area contributed by atoms with Crippen LogP contribution in [0.1, 0.15) is 11.1 Å². The van der Waals surface area contributed by atoms with Crippen LogP contribution in [0.5, 0.6) is 5.75 Å². The van der Waals surface area contributed by atoms with Crippen LogP contribution in [0.2, 0.25) is 10.0 Å². The van der Waals surface area contributed by atoms with Gasteiger partial charge in [-0.1, -0.05) is 29.3 Å². The highest BCUT2D eigenvalue weighted by atomic mass is 79.9. The van der Waals surface area contributed by atoms with Crippen LogP contribution >= 0.6 is 67.3 Å². The summed E-state index contributed by atoms with van der Waals surface area (Å²) in [5.74, 6) is 0.506. The number of likely N-dealkylation sites (N-methyl/N-ethyl adjacent to an activating group) is 2. The zero-order chi connectivity index (χ0) is 20.6. The van der Waals surface area contributed by atoms with Crippen molar-refractivity contribution in [1.29, 1.82) is 0 Å². The number of hydrogen-bond donors (Lipinski definition) is 0. The summed E-state index contributed by atoms with van der Waals surface area (Å²) in [4.78, 5) is 15.5. The first-order valence-corrected chi connectivity index (χ1v) is 10.8. The van der Waals surface area contributed by atoms with Gasteiger partial charge in [-0.15, -0.1) is 0 Å². The molecule has 0 aromatic heterocycles. The van der Waals surface area contributed by atoms with E-state index in [1.165, 1.54) is 4.90 Å². The van der Waals surface area contributed by atoms with Crippen LogP contribution < -0.4 is 4.74 Å². The summed E-state index contributed by atoms with van der Waals surface area (Å²) < 4.78 is 7.42. The summed E-state index contributed by atoms with van der Waals surface area (Å²) in [7, 11) is 3.43. The molecule has 1 fully saturated rings. The minimum Gasteiger partial charge on any atom is -0.487 e. The van der Waals surface area contributed by atoms with E-state index in [0.29, 0.717) is 33.2 Å². The third-order valence-corrected chi connectivity index (χ3v) is 6.61. The maximum atomic E-state index is 12.3. The quantitative estimate of drug-likeness (QED) is 0.330. The molecular formula is C19H14Br2Cl2N2O2S. The van der Waals surface area contributed by atoms with Gasteiger partial charge in [-0.05, 0) is 85.5 Å². The predicted octanol–water partition coefficient (Wildman–Crippen LogP) is 6.13.